The molecule has 7 aromatic carbocycles. The number of hydrogen-bond donors (Lipinski definition) is 0. The quantitative estimate of drug-likeness (QED) is 0.112. The van der Waals surface area contributed by atoms with Gasteiger partial charge in [-0.2, -0.15) is 57.1 Å². The largest absolute Gasteiger partial charge is 0.460 e. The molecule has 0 spiro atoms. The van der Waals surface area contributed by atoms with Gasteiger partial charge in [-0.15, -0.1) is 0 Å². The fourth-order valence-corrected chi connectivity index (χ4v) is 6.69. The molecule has 0 saturated carbocycles. The van der Waals surface area contributed by atoms with Crippen molar-refractivity contribution in [2.24, 2.45) is 0 Å². The van der Waals surface area contributed by atoms with Gasteiger partial charge in [0.25, 0.3) is 0 Å². The second-order valence-electron chi connectivity index (χ2n) is 12.5. The van der Waals surface area contributed by atoms with Crippen molar-refractivity contribution >= 4 is 43.1 Å². The Balaban J connectivity index is 1.28. The Morgan fingerprint density at radius 3 is 1.09 bits per heavy atom. The van der Waals surface area contributed by atoms with Gasteiger partial charge < -0.3 is 0 Å². The molecule has 0 saturated heterocycles. The smallest absolute Gasteiger partial charge is 0.194 e. The molecule has 7 rings (SSSR count). The van der Waals surface area contributed by atoms with Gasteiger partial charge >= 0.3 is 35.8 Å². The monoisotopic (exact) mass is 748 g/mol. The van der Waals surface area contributed by atoms with Crippen molar-refractivity contribution in [2.45, 2.75) is 35.8 Å². The van der Waals surface area contributed by atoms with Crippen LogP contribution in [0.3, 0.4) is 0 Å². The Kier molecular flexibility index (Phi) is 8.05. The molecular formula is C40H21F13. The van der Waals surface area contributed by atoms with E-state index >= 15 is 0 Å². The Labute approximate surface area is 291 Å². The van der Waals surface area contributed by atoms with E-state index in [0.29, 0.717) is 16.3 Å². The van der Waals surface area contributed by atoms with Gasteiger partial charge in [-0.25, -0.2) is 0 Å². The summed E-state index contributed by atoms with van der Waals surface area (Å²) in [6.45, 7) is 0. The maximum atomic E-state index is 14.9. The molecule has 0 aliphatic heterocycles. The van der Waals surface area contributed by atoms with E-state index in [-0.39, 0.29) is 17.7 Å². The van der Waals surface area contributed by atoms with E-state index < -0.39 is 41.4 Å². The summed E-state index contributed by atoms with van der Waals surface area (Å²) in [4.78, 5) is 0. The van der Waals surface area contributed by atoms with Crippen molar-refractivity contribution in [2.75, 3.05) is 0 Å². The van der Waals surface area contributed by atoms with E-state index in [0.717, 1.165) is 55.6 Å². The molecule has 0 unspecified atom stereocenters. The molecule has 53 heavy (non-hydrogen) atoms. The molecule has 0 heterocycles. The first-order chi connectivity index (χ1) is 24.7. The molecule has 0 aliphatic rings. The van der Waals surface area contributed by atoms with Crippen molar-refractivity contribution in [3.63, 3.8) is 0 Å². The first kappa shape index (κ1) is 36.0. The average Bonchev–Trinajstić information content (AvgIpc) is 3.13. The van der Waals surface area contributed by atoms with Crippen LogP contribution in [0.2, 0.25) is 0 Å². The summed E-state index contributed by atoms with van der Waals surface area (Å²) in [6.07, 6.45) is -7.47. The molecule has 0 aromatic heterocycles. The van der Waals surface area contributed by atoms with Crippen molar-refractivity contribution < 1.29 is 57.1 Å². The topological polar surface area (TPSA) is 0 Å². The number of halogens is 13. The first-order valence-corrected chi connectivity index (χ1v) is 15.7. The number of rotatable bonds is 7. The Morgan fingerprint density at radius 1 is 0.283 bits per heavy atom. The number of hydrogen-bond acceptors (Lipinski definition) is 0. The standard InChI is InChI=1S/C40H21F13/c41-35(42,36(43,44)37(45,46)38(47,48)39(49,50)40(51,52)53)24-16-13-22(14-17-24)25-19-20-26(28-8-2-1-7-27(25)28)23-15-18-33-31-11-4-3-9-29(31)30-10-5-6-12-32(30)34(33)21-23/h1-21H. The zero-order valence-corrected chi connectivity index (χ0v) is 26.5. The lowest BCUT2D eigenvalue weighted by Crippen LogP contribution is -2.69. The third-order valence-electron chi connectivity index (χ3n) is 9.47. The molecule has 0 amide bonds. The van der Waals surface area contributed by atoms with Crippen LogP contribution in [-0.4, -0.2) is 29.9 Å². The van der Waals surface area contributed by atoms with Crippen LogP contribution in [0.15, 0.2) is 127 Å². The molecule has 13 heteroatoms. The number of benzene rings is 7. The summed E-state index contributed by atoms with van der Waals surface area (Å²) in [7, 11) is 0. The summed E-state index contributed by atoms with van der Waals surface area (Å²) in [6, 6.07) is 34.0. The van der Waals surface area contributed by atoms with Gasteiger partial charge in [-0.1, -0.05) is 121 Å². The van der Waals surface area contributed by atoms with Gasteiger partial charge in [0.15, 0.2) is 0 Å². The van der Waals surface area contributed by atoms with E-state index in [9.17, 15) is 57.1 Å². The molecule has 272 valence electrons. The molecule has 0 bridgehead atoms. The predicted octanol–water partition coefficient (Wildman–Crippen LogP) is 13.8. The lowest BCUT2D eigenvalue weighted by atomic mass is 9.88. The van der Waals surface area contributed by atoms with E-state index in [1.807, 2.05) is 66.7 Å². The average molecular weight is 749 g/mol. The molecular weight excluding hydrogens is 727 g/mol. The Bertz CT molecular complexity index is 2500. The molecule has 0 N–H and O–H groups in total. The van der Waals surface area contributed by atoms with Crippen molar-refractivity contribution in [3.8, 4) is 22.3 Å². The van der Waals surface area contributed by atoms with Gasteiger partial charge in [-0.05, 0) is 71.4 Å². The zero-order valence-electron chi connectivity index (χ0n) is 26.5. The van der Waals surface area contributed by atoms with Crippen LogP contribution in [0.1, 0.15) is 5.56 Å². The zero-order chi connectivity index (χ0) is 38.4. The highest BCUT2D eigenvalue weighted by molar-refractivity contribution is 6.26. The summed E-state index contributed by atoms with van der Waals surface area (Å²) in [5, 5.41) is 7.41. The Morgan fingerprint density at radius 2 is 0.642 bits per heavy atom. The van der Waals surface area contributed by atoms with E-state index in [2.05, 4.69) is 0 Å². The van der Waals surface area contributed by atoms with Crippen LogP contribution in [0.5, 0.6) is 0 Å². The minimum absolute atomic E-state index is 0.0762. The second kappa shape index (κ2) is 11.8. The first-order valence-electron chi connectivity index (χ1n) is 15.7. The van der Waals surface area contributed by atoms with Gasteiger partial charge in [0.1, 0.15) is 0 Å². The van der Waals surface area contributed by atoms with E-state index in [4.69, 9.17) is 0 Å². The fraction of sp³-hybridized carbons (Fsp3) is 0.150. The highest BCUT2D eigenvalue weighted by atomic mass is 19.4. The summed E-state index contributed by atoms with van der Waals surface area (Å²) >= 11 is 0. The summed E-state index contributed by atoms with van der Waals surface area (Å²) in [5.41, 5.74) is -0.0390. The maximum Gasteiger partial charge on any atom is 0.460 e. The predicted molar refractivity (Wildman–Crippen MR) is 177 cm³/mol. The highest BCUT2D eigenvalue weighted by Gasteiger charge is 2.90. The van der Waals surface area contributed by atoms with Crippen molar-refractivity contribution in [1.29, 1.82) is 0 Å². The molecule has 0 aliphatic carbocycles. The minimum Gasteiger partial charge on any atom is -0.194 e. The fourth-order valence-electron chi connectivity index (χ4n) is 6.69. The number of alkyl halides is 13. The molecule has 0 radical (unpaired) electrons. The van der Waals surface area contributed by atoms with Gasteiger partial charge in [0.2, 0.25) is 0 Å². The van der Waals surface area contributed by atoms with Gasteiger partial charge in [-0.3, -0.25) is 0 Å². The number of fused-ring (bicyclic) bond motifs is 7. The van der Waals surface area contributed by atoms with Gasteiger partial charge in [0, 0.05) is 5.56 Å². The normalized spacial score (nSPS) is 13.8. The van der Waals surface area contributed by atoms with Crippen molar-refractivity contribution in [1.82, 2.24) is 0 Å². The molecule has 0 atom stereocenters. The summed E-state index contributed by atoms with van der Waals surface area (Å²) in [5.74, 6) is -37.4. The molecule has 0 fully saturated rings. The minimum atomic E-state index is -7.96. The van der Waals surface area contributed by atoms with Crippen LogP contribution in [0.25, 0.3) is 65.3 Å². The van der Waals surface area contributed by atoms with Crippen LogP contribution in [-0.2, 0) is 5.92 Å². The van der Waals surface area contributed by atoms with Crippen LogP contribution >= 0.6 is 0 Å². The highest BCUT2D eigenvalue weighted by Crippen LogP contribution is 2.62. The van der Waals surface area contributed by atoms with Crippen LogP contribution < -0.4 is 0 Å². The summed E-state index contributed by atoms with van der Waals surface area (Å²) < 4.78 is 179. The SMILES string of the molecule is FC(F)(F)C(F)(F)C(F)(F)C(F)(F)C(F)(F)C(F)(F)c1ccc(-c2ccc(-c3ccc4c5ccccc5c5ccccc5c4c3)c3ccccc23)cc1. The second-order valence-corrected chi connectivity index (χ2v) is 12.5. The lowest BCUT2D eigenvalue weighted by Gasteiger charge is -2.39. The molecule has 0 nitrogen and oxygen atoms in total. The van der Waals surface area contributed by atoms with Crippen LogP contribution in [0, 0.1) is 0 Å². The van der Waals surface area contributed by atoms with Gasteiger partial charge in [0.05, 0.1) is 0 Å². The third-order valence-corrected chi connectivity index (χ3v) is 9.47. The lowest BCUT2D eigenvalue weighted by molar-refractivity contribution is -0.441. The Hall–Kier alpha value is -5.33. The van der Waals surface area contributed by atoms with E-state index in [1.165, 1.54) is 0 Å². The van der Waals surface area contributed by atoms with Crippen molar-refractivity contribution in [3.05, 3.63) is 133 Å². The maximum absolute atomic E-state index is 14.9. The van der Waals surface area contributed by atoms with E-state index in [1.54, 1.807) is 36.4 Å². The third kappa shape index (κ3) is 5.13. The molecule has 7 aromatic rings. The van der Waals surface area contributed by atoms with Crippen LogP contribution in [0.4, 0.5) is 57.1 Å².